The molecule has 0 saturated carbocycles. The largest absolute Gasteiger partial charge is 0.466 e. The van der Waals surface area contributed by atoms with E-state index in [9.17, 15) is 4.79 Å². The Balaban J connectivity index is 2.77. The van der Waals surface area contributed by atoms with E-state index in [0.717, 1.165) is 11.3 Å². The van der Waals surface area contributed by atoms with Crippen molar-refractivity contribution in [1.82, 2.24) is 5.32 Å². The zero-order valence-corrected chi connectivity index (χ0v) is 11.1. The van der Waals surface area contributed by atoms with Crippen LogP contribution < -0.4 is 11.1 Å². The number of furan rings is 1. The molecule has 0 bridgehead atoms. The van der Waals surface area contributed by atoms with Crippen molar-refractivity contribution < 1.29 is 14.4 Å². The van der Waals surface area contributed by atoms with Crippen molar-refractivity contribution in [3.63, 3.8) is 0 Å². The lowest BCUT2D eigenvalue weighted by Crippen LogP contribution is -2.36. The van der Waals surface area contributed by atoms with E-state index in [1.807, 2.05) is 13.8 Å². The lowest BCUT2D eigenvalue weighted by molar-refractivity contribution is 0.0939. The number of nitrogens with one attached hydrogen (secondary N) is 1. The molecule has 6 nitrogen and oxygen atoms in total. The van der Waals surface area contributed by atoms with Gasteiger partial charge in [-0.15, -0.1) is 0 Å². The predicted octanol–water partition coefficient (Wildman–Crippen LogP) is 1.46. The van der Waals surface area contributed by atoms with Gasteiger partial charge < -0.3 is 20.7 Å². The molecule has 1 atom stereocenters. The predicted molar refractivity (Wildman–Crippen MR) is 67.9 cm³/mol. The summed E-state index contributed by atoms with van der Waals surface area (Å²) in [5.74, 6) is 1.21. The Bertz CT molecular complexity index is 477. The first-order valence-electron chi connectivity index (χ1n) is 5.70. The standard InChI is InChI=1S/C12H19N3O3/c1-6(5-10(13)15-17)14-12(16)11-7(2)8(3)18-9(11)4/h6,17H,5H2,1-4H3,(H2,13,15)(H,14,16). The smallest absolute Gasteiger partial charge is 0.255 e. The molecule has 0 aliphatic rings. The highest BCUT2D eigenvalue weighted by atomic mass is 16.4. The van der Waals surface area contributed by atoms with Crippen LogP contribution in [0.3, 0.4) is 0 Å². The Morgan fingerprint density at radius 2 is 2.06 bits per heavy atom. The van der Waals surface area contributed by atoms with E-state index >= 15 is 0 Å². The number of aryl methyl sites for hydroxylation is 2. The zero-order chi connectivity index (χ0) is 13.9. The Kier molecular flexibility index (Phi) is 4.36. The van der Waals surface area contributed by atoms with Gasteiger partial charge in [-0.2, -0.15) is 0 Å². The molecule has 1 aromatic heterocycles. The lowest BCUT2D eigenvalue weighted by atomic mass is 10.1. The monoisotopic (exact) mass is 253 g/mol. The fraction of sp³-hybridized carbons (Fsp3) is 0.500. The topological polar surface area (TPSA) is 101 Å². The number of carbonyl (C=O) groups excluding carboxylic acids is 1. The van der Waals surface area contributed by atoms with Gasteiger partial charge in [0.1, 0.15) is 17.4 Å². The summed E-state index contributed by atoms with van der Waals surface area (Å²) in [5, 5.41) is 14.1. The molecule has 1 unspecified atom stereocenters. The van der Waals surface area contributed by atoms with Crippen molar-refractivity contribution in [2.75, 3.05) is 0 Å². The Hall–Kier alpha value is -1.98. The number of oxime groups is 1. The summed E-state index contributed by atoms with van der Waals surface area (Å²) in [6, 6.07) is -0.220. The van der Waals surface area contributed by atoms with Crippen molar-refractivity contribution in [1.29, 1.82) is 0 Å². The van der Waals surface area contributed by atoms with Crippen LogP contribution in [-0.2, 0) is 0 Å². The second-order valence-electron chi connectivity index (χ2n) is 4.38. The first-order chi connectivity index (χ1) is 8.36. The molecule has 0 saturated heterocycles. The second-order valence-corrected chi connectivity index (χ2v) is 4.38. The van der Waals surface area contributed by atoms with Gasteiger partial charge in [-0.05, 0) is 27.7 Å². The van der Waals surface area contributed by atoms with Crippen LogP contribution in [-0.4, -0.2) is 23.0 Å². The Morgan fingerprint density at radius 3 is 2.50 bits per heavy atom. The molecule has 0 aromatic carbocycles. The molecule has 0 radical (unpaired) electrons. The molecule has 0 fully saturated rings. The molecule has 100 valence electrons. The maximum atomic E-state index is 12.1. The van der Waals surface area contributed by atoms with Crippen LogP contribution in [0.15, 0.2) is 9.57 Å². The summed E-state index contributed by atoms with van der Waals surface area (Å²) < 4.78 is 5.40. The average Bonchev–Trinajstić information content (AvgIpc) is 2.52. The maximum absolute atomic E-state index is 12.1. The van der Waals surface area contributed by atoms with Crippen molar-refractivity contribution in [2.24, 2.45) is 10.9 Å². The quantitative estimate of drug-likeness (QED) is 0.327. The van der Waals surface area contributed by atoms with E-state index in [1.165, 1.54) is 0 Å². The number of nitrogens with two attached hydrogens (primary N) is 1. The number of hydrogen-bond acceptors (Lipinski definition) is 4. The molecular weight excluding hydrogens is 234 g/mol. The van der Waals surface area contributed by atoms with Gasteiger partial charge in [0.05, 0.1) is 5.56 Å². The van der Waals surface area contributed by atoms with E-state index < -0.39 is 0 Å². The molecule has 1 aromatic rings. The molecule has 1 rings (SSSR count). The second kappa shape index (κ2) is 5.57. The van der Waals surface area contributed by atoms with Crippen LogP contribution in [0.4, 0.5) is 0 Å². The highest BCUT2D eigenvalue weighted by Crippen LogP contribution is 2.20. The van der Waals surface area contributed by atoms with E-state index in [4.69, 9.17) is 15.4 Å². The number of amides is 1. The van der Waals surface area contributed by atoms with E-state index in [1.54, 1.807) is 13.8 Å². The summed E-state index contributed by atoms with van der Waals surface area (Å²) in [6.07, 6.45) is 0.289. The van der Waals surface area contributed by atoms with Crippen LogP contribution in [0, 0.1) is 20.8 Å². The number of nitrogens with zero attached hydrogens (tertiary/aromatic N) is 1. The van der Waals surface area contributed by atoms with Crippen LogP contribution in [0.2, 0.25) is 0 Å². The van der Waals surface area contributed by atoms with Gasteiger partial charge in [-0.1, -0.05) is 5.16 Å². The zero-order valence-electron chi connectivity index (χ0n) is 11.1. The molecule has 0 spiro atoms. The SMILES string of the molecule is Cc1oc(C)c(C(=O)NC(C)CC(N)=NO)c1C. The summed E-state index contributed by atoms with van der Waals surface area (Å²) in [4.78, 5) is 12.1. The lowest BCUT2D eigenvalue weighted by Gasteiger charge is -2.12. The van der Waals surface area contributed by atoms with Crippen LogP contribution in [0.5, 0.6) is 0 Å². The number of amidine groups is 1. The van der Waals surface area contributed by atoms with Crippen molar-refractivity contribution in [3.8, 4) is 0 Å². The van der Waals surface area contributed by atoms with E-state index in [-0.39, 0.29) is 24.2 Å². The van der Waals surface area contributed by atoms with E-state index in [0.29, 0.717) is 11.3 Å². The first kappa shape index (κ1) is 14.1. The van der Waals surface area contributed by atoms with Gasteiger partial charge in [0, 0.05) is 18.0 Å². The first-order valence-corrected chi connectivity index (χ1v) is 5.70. The minimum absolute atomic E-state index is 0.0830. The molecule has 6 heteroatoms. The number of hydrogen-bond donors (Lipinski definition) is 3. The molecule has 1 heterocycles. The van der Waals surface area contributed by atoms with Gasteiger partial charge in [-0.3, -0.25) is 4.79 Å². The highest BCUT2D eigenvalue weighted by Gasteiger charge is 2.20. The summed E-state index contributed by atoms with van der Waals surface area (Å²) in [7, 11) is 0. The third-order valence-corrected chi connectivity index (χ3v) is 2.81. The molecule has 0 aliphatic heterocycles. The maximum Gasteiger partial charge on any atom is 0.255 e. The minimum atomic E-state index is -0.220. The van der Waals surface area contributed by atoms with Gasteiger partial charge in [-0.25, -0.2) is 0 Å². The van der Waals surface area contributed by atoms with Crippen molar-refractivity contribution in [2.45, 2.75) is 40.2 Å². The number of carbonyl (C=O) groups is 1. The van der Waals surface area contributed by atoms with Crippen molar-refractivity contribution in [3.05, 3.63) is 22.6 Å². The number of rotatable bonds is 4. The molecule has 0 aliphatic carbocycles. The van der Waals surface area contributed by atoms with Crippen molar-refractivity contribution >= 4 is 11.7 Å². The van der Waals surface area contributed by atoms with Gasteiger partial charge in [0.2, 0.25) is 0 Å². The Morgan fingerprint density at radius 1 is 1.44 bits per heavy atom. The van der Waals surface area contributed by atoms with Crippen LogP contribution in [0.1, 0.15) is 40.8 Å². The van der Waals surface area contributed by atoms with E-state index in [2.05, 4.69) is 10.5 Å². The fourth-order valence-corrected chi connectivity index (χ4v) is 1.83. The molecular formula is C12H19N3O3. The summed E-state index contributed by atoms with van der Waals surface area (Å²) in [5.41, 5.74) is 6.77. The highest BCUT2D eigenvalue weighted by molar-refractivity contribution is 5.97. The van der Waals surface area contributed by atoms with Crippen LogP contribution >= 0.6 is 0 Å². The Labute approximate surface area is 106 Å². The molecule has 1 amide bonds. The molecule has 18 heavy (non-hydrogen) atoms. The van der Waals surface area contributed by atoms with Gasteiger partial charge >= 0.3 is 0 Å². The van der Waals surface area contributed by atoms with Gasteiger partial charge in [0.15, 0.2) is 0 Å². The average molecular weight is 253 g/mol. The minimum Gasteiger partial charge on any atom is -0.466 e. The third-order valence-electron chi connectivity index (χ3n) is 2.81. The normalized spacial score (nSPS) is 13.4. The third kappa shape index (κ3) is 3.03. The summed E-state index contributed by atoms with van der Waals surface area (Å²) in [6.45, 7) is 7.20. The van der Waals surface area contributed by atoms with Gasteiger partial charge in [0.25, 0.3) is 5.91 Å². The molecule has 4 N–H and O–H groups in total. The fourth-order valence-electron chi connectivity index (χ4n) is 1.83. The van der Waals surface area contributed by atoms with Crippen LogP contribution in [0.25, 0.3) is 0 Å². The summed E-state index contributed by atoms with van der Waals surface area (Å²) >= 11 is 0.